The molecule has 0 fully saturated rings. The second-order valence-electron chi connectivity index (χ2n) is 6.08. The van der Waals surface area contributed by atoms with Gasteiger partial charge in [-0.15, -0.1) is 0 Å². The Labute approximate surface area is 158 Å². The highest BCUT2D eigenvalue weighted by atomic mass is 16.5. The Kier molecular flexibility index (Phi) is 4.54. The Hall–Kier alpha value is -3.66. The molecule has 0 atom stereocenters. The molecule has 1 amide bonds. The number of carbonyl (C=O) groups excluding carboxylic acids is 1. The van der Waals surface area contributed by atoms with Crippen molar-refractivity contribution >= 4 is 23.5 Å². The Morgan fingerprint density at radius 3 is 2.11 bits per heavy atom. The van der Waals surface area contributed by atoms with Gasteiger partial charge in [0.2, 0.25) is 0 Å². The molecular formula is C23H18N2O2. The number of nitrogens with zero attached hydrogens (tertiary/aromatic N) is 2. The van der Waals surface area contributed by atoms with Crippen LogP contribution in [0.5, 0.6) is 5.75 Å². The first kappa shape index (κ1) is 16.8. The van der Waals surface area contributed by atoms with Crippen LogP contribution in [0.1, 0.15) is 11.1 Å². The summed E-state index contributed by atoms with van der Waals surface area (Å²) in [6.07, 6.45) is 1.81. The minimum Gasteiger partial charge on any atom is -0.497 e. The number of anilines is 1. The van der Waals surface area contributed by atoms with Gasteiger partial charge in [0.15, 0.2) is 0 Å². The average molecular weight is 354 g/mol. The molecule has 0 N–H and O–H groups in total. The molecule has 0 bridgehead atoms. The number of hydrogen-bond acceptors (Lipinski definition) is 3. The number of amides is 1. The summed E-state index contributed by atoms with van der Waals surface area (Å²) in [7, 11) is 1.63. The average Bonchev–Trinajstić information content (AvgIpc) is 3.05. The van der Waals surface area contributed by atoms with Crippen molar-refractivity contribution in [2.24, 2.45) is 4.99 Å². The molecule has 132 valence electrons. The van der Waals surface area contributed by atoms with Gasteiger partial charge in [0.05, 0.1) is 12.8 Å². The van der Waals surface area contributed by atoms with E-state index in [2.05, 4.69) is 4.99 Å². The van der Waals surface area contributed by atoms with Gasteiger partial charge in [0.1, 0.15) is 17.3 Å². The van der Waals surface area contributed by atoms with Crippen molar-refractivity contribution in [2.75, 3.05) is 12.0 Å². The quantitative estimate of drug-likeness (QED) is 0.646. The van der Waals surface area contributed by atoms with Crippen molar-refractivity contribution in [2.45, 2.75) is 0 Å². The highest BCUT2D eigenvalue weighted by Crippen LogP contribution is 2.28. The Balaban J connectivity index is 1.80. The third kappa shape index (κ3) is 3.37. The van der Waals surface area contributed by atoms with Crippen molar-refractivity contribution < 1.29 is 9.53 Å². The first-order valence-corrected chi connectivity index (χ1v) is 8.65. The highest BCUT2D eigenvalue weighted by Gasteiger charge is 2.32. The van der Waals surface area contributed by atoms with Gasteiger partial charge < -0.3 is 4.74 Å². The van der Waals surface area contributed by atoms with Crippen LogP contribution < -0.4 is 9.64 Å². The molecule has 0 radical (unpaired) electrons. The number of ether oxygens (including phenoxy) is 1. The molecule has 0 aromatic heterocycles. The number of benzene rings is 3. The molecule has 3 aromatic rings. The van der Waals surface area contributed by atoms with Crippen molar-refractivity contribution in [3.63, 3.8) is 0 Å². The molecule has 3 aromatic carbocycles. The number of carbonyl (C=O) groups is 1. The molecule has 0 saturated heterocycles. The number of amidine groups is 1. The van der Waals surface area contributed by atoms with Crippen LogP contribution in [0, 0.1) is 0 Å². The third-order valence-electron chi connectivity index (χ3n) is 4.33. The fourth-order valence-electron chi connectivity index (χ4n) is 2.97. The van der Waals surface area contributed by atoms with Crippen LogP contribution in [0.15, 0.2) is 95.6 Å². The summed E-state index contributed by atoms with van der Waals surface area (Å²) in [5, 5.41) is 0. The number of hydrogen-bond donors (Lipinski definition) is 0. The van der Waals surface area contributed by atoms with Crippen molar-refractivity contribution in [3.8, 4) is 5.75 Å². The smallest absolute Gasteiger partial charge is 0.282 e. The van der Waals surface area contributed by atoms with E-state index in [1.54, 1.807) is 12.0 Å². The Bertz CT molecular complexity index is 1010. The summed E-state index contributed by atoms with van der Waals surface area (Å²) in [5.41, 5.74) is 2.99. The lowest BCUT2D eigenvalue weighted by molar-refractivity contribution is -0.113. The number of methoxy groups -OCH3 is 1. The van der Waals surface area contributed by atoms with Gasteiger partial charge in [-0.25, -0.2) is 4.99 Å². The first-order valence-electron chi connectivity index (χ1n) is 8.65. The lowest BCUT2D eigenvalue weighted by Crippen LogP contribution is -2.32. The van der Waals surface area contributed by atoms with Crippen LogP contribution >= 0.6 is 0 Å². The van der Waals surface area contributed by atoms with E-state index in [9.17, 15) is 4.79 Å². The summed E-state index contributed by atoms with van der Waals surface area (Å²) < 4.78 is 5.23. The SMILES string of the molecule is COc1ccc(C2=NC(=Cc3ccccc3)C(=O)N2c2ccccc2)cc1. The minimum absolute atomic E-state index is 0.143. The summed E-state index contributed by atoms with van der Waals surface area (Å²) in [5.74, 6) is 1.22. The lowest BCUT2D eigenvalue weighted by atomic mass is 10.1. The normalized spacial score (nSPS) is 15.1. The molecule has 0 spiro atoms. The van der Waals surface area contributed by atoms with Gasteiger partial charge in [-0.2, -0.15) is 0 Å². The van der Waals surface area contributed by atoms with E-state index < -0.39 is 0 Å². The van der Waals surface area contributed by atoms with E-state index in [4.69, 9.17) is 4.74 Å². The molecular weight excluding hydrogens is 336 g/mol. The van der Waals surface area contributed by atoms with E-state index in [0.29, 0.717) is 11.5 Å². The summed E-state index contributed by atoms with van der Waals surface area (Å²) in [6.45, 7) is 0. The molecule has 1 aliphatic heterocycles. The largest absolute Gasteiger partial charge is 0.497 e. The van der Waals surface area contributed by atoms with Crippen molar-refractivity contribution in [1.29, 1.82) is 0 Å². The van der Waals surface area contributed by atoms with Gasteiger partial charge >= 0.3 is 0 Å². The molecule has 1 heterocycles. The summed E-state index contributed by atoms with van der Waals surface area (Å²) >= 11 is 0. The molecule has 4 heteroatoms. The van der Waals surface area contributed by atoms with Gasteiger partial charge in [-0.3, -0.25) is 9.69 Å². The fraction of sp³-hybridized carbons (Fsp3) is 0.0435. The Morgan fingerprint density at radius 2 is 1.48 bits per heavy atom. The summed E-state index contributed by atoms with van der Waals surface area (Å²) in [4.78, 5) is 19.4. The molecule has 27 heavy (non-hydrogen) atoms. The minimum atomic E-state index is -0.143. The van der Waals surface area contributed by atoms with Gasteiger partial charge in [0, 0.05) is 5.56 Å². The standard InChI is InChI=1S/C23H18N2O2/c1-27-20-14-12-18(13-15-20)22-24-21(16-17-8-4-2-5-9-17)23(26)25(22)19-10-6-3-7-11-19/h2-16H,1H3. The molecule has 1 aliphatic rings. The van der Waals surface area contributed by atoms with E-state index >= 15 is 0 Å². The topological polar surface area (TPSA) is 41.9 Å². The Morgan fingerprint density at radius 1 is 0.852 bits per heavy atom. The number of rotatable bonds is 4. The second kappa shape index (κ2) is 7.30. The van der Waals surface area contributed by atoms with Crippen LogP contribution in [-0.4, -0.2) is 18.9 Å². The summed E-state index contributed by atoms with van der Waals surface area (Å²) in [6, 6.07) is 26.8. The van der Waals surface area contributed by atoms with E-state index in [1.807, 2.05) is 91.0 Å². The molecule has 0 unspecified atom stereocenters. The maximum atomic E-state index is 13.1. The second-order valence-corrected chi connectivity index (χ2v) is 6.08. The van der Waals surface area contributed by atoms with E-state index in [0.717, 1.165) is 22.6 Å². The molecule has 4 nitrogen and oxygen atoms in total. The zero-order chi connectivity index (χ0) is 18.6. The fourth-order valence-corrected chi connectivity index (χ4v) is 2.97. The number of aliphatic imine (C=N–C) groups is 1. The van der Waals surface area contributed by atoms with Crippen LogP contribution in [0.3, 0.4) is 0 Å². The molecule has 4 rings (SSSR count). The zero-order valence-corrected chi connectivity index (χ0v) is 14.9. The zero-order valence-electron chi connectivity index (χ0n) is 14.9. The maximum Gasteiger partial charge on any atom is 0.282 e. The predicted molar refractivity (Wildman–Crippen MR) is 108 cm³/mol. The van der Waals surface area contributed by atoms with E-state index in [-0.39, 0.29) is 5.91 Å². The van der Waals surface area contributed by atoms with E-state index in [1.165, 1.54) is 0 Å². The molecule has 0 aliphatic carbocycles. The lowest BCUT2D eigenvalue weighted by Gasteiger charge is -2.18. The van der Waals surface area contributed by atoms with Crippen LogP contribution in [-0.2, 0) is 4.79 Å². The molecule has 0 saturated carbocycles. The van der Waals surface area contributed by atoms with Gasteiger partial charge in [0.25, 0.3) is 5.91 Å². The van der Waals surface area contributed by atoms with Crippen LogP contribution in [0.2, 0.25) is 0 Å². The third-order valence-corrected chi connectivity index (χ3v) is 4.33. The predicted octanol–water partition coefficient (Wildman–Crippen LogP) is 4.53. The van der Waals surface area contributed by atoms with Gasteiger partial charge in [-0.05, 0) is 48.0 Å². The monoisotopic (exact) mass is 354 g/mol. The van der Waals surface area contributed by atoms with Crippen molar-refractivity contribution in [3.05, 3.63) is 102 Å². The maximum absolute atomic E-state index is 13.1. The van der Waals surface area contributed by atoms with Crippen molar-refractivity contribution in [1.82, 2.24) is 0 Å². The van der Waals surface area contributed by atoms with Crippen LogP contribution in [0.4, 0.5) is 5.69 Å². The number of para-hydroxylation sites is 1. The highest BCUT2D eigenvalue weighted by molar-refractivity contribution is 6.33. The van der Waals surface area contributed by atoms with Crippen LogP contribution in [0.25, 0.3) is 6.08 Å². The first-order chi connectivity index (χ1) is 13.3. The van der Waals surface area contributed by atoms with Gasteiger partial charge in [-0.1, -0.05) is 48.5 Å².